The van der Waals surface area contributed by atoms with Crippen LogP contribution < -0.4 is 4.74 Å². The molecule has 1 N–H and O–H groups in total. The maximum absolute atomic E-state index is 14.9. The van der Waals surface area contributed by atoms with Gasteiger partial charge in [0.25, 0.3) is 0 Å². The number of aryl methyl sites for hydroxylation is 1. The maximum atomic E-state index is 14.9. The molecular formula is C31H29FN4O4S2. The fourth-order valence-corrected chi connectivity index (χ4v) is 9.10. The highest BCUT2D eigenvalue weighted by molar-refractivity contribution is 7.91. The number of halogens is 1. The summed E-state index contributed by atoms with van der Waals surface area (Å²) >= 11 is 1.40. The third-order valence-corrected chi connectivity index (χ3v) is 12.3. The molecule has 0 saturated heterocycles. The molecule has 42 heavy (non-hydrogen) atoms. The van der Waals surface area contributed by atoms with E-state index in [-0.39, 0.29) is 5.65 Å². The predicted molar refractivity (Wildman–Crippen MR) is 162 cm³/mol. The van der Waals surface area contributed by atoms with Crippen molar-refractivity contribution in [2.45, 2.75) is 42.5 Å². The molecule has 0 amide bonds. The monoisotopic (exact) mass is 604 g/mol. The van der Waals surface area contributed by atoms with Gasteiger partial charge in [0.15, 0.2) is 5.65 Å². The number of nitrogens with zero attached hydrogens (tertiary/aromatic N) is 4. The first-order chi connectivity index (χ1) is 20.1. The van der Waals surface area contributed by atoms with E-state index in [0.29, 0.717) is 29.0 Å². The summed E-state index contributed by atoms with van der Waals surface area (Å²) in [5, 5.41) is 12.9. The summed E-state index contributed by atoms with van der Waals surface area (Å²) in [5.74, 6) is -0.679. The third kappa shape index (κ3) is 3.83. The number of fused-ring (bicyclic) bond motifs is 2. The summed E-state index contributed by atoms with van der Waals surface area (Å²) in [4.78, 5) is 9.75. The SMILES string of the molecule is COc1ccc2c(c1)c(C1C=CC(F)=CC1(C)S(=O)(=O)n1ccc3c(-c4cnc(C5(O)CCC5)s4)ccnc31)cn2C. The van der Waals surface area contributed by atoms with E-state index in [1.165, 1.54) is 29.7 Å². The summed E-state index contributed by atoms with van der Waals surface area (Å²) in [6, 6.07) is 9.19. The lowest BCUT2D eigenvalue weighted by molar-refractivity contribution is -0.0389. The minimum Gasteiger partial charge on any atom is -0.497 e. The molecule has 2 aliphatic rings. The molecule has 4 aromatic heterocycles. The van der Waals surface area contributed by atoms with E-state index in [2.05, 4.69) is 9.97 Å². The molecular weight excluding hydrogens is 575 g/mol. The van der Waals surface area contributed by atoms with Crippen molar-refractivity contribution in [2.75, 3.05) is 7.11 Å². The molecule has 4 heterocycles. The Kier molecular flexibility index (Phi) is 6.02. The number of benzene rings is 1. The second kappa shape index (κ2) is 9.35. The van der Waals surface area contributed by atoms with Crippen LogP contribution in [0.15, 0.2) is 79.2 Å². The first-order valence-corrected chi connectivity index (χ1v) is 15.9. The molecule has 5 aromatic rings. The van der Waals surface area contributed by atoms with E-state index in [1.807, 2.05) is 42.1 Å². The van der Waals surface area contributed by atoms with Crippen LogP contribution in [0.25, 0.3) is 32.4 Å². The Balaban J connectivity index is 1.36. The zero-order valence-electron chi connectivity index (χ0n) is 23.3. The van der Waals surface area contributed by atoms with Crippen molar-refractivity contribution in [2.24, 2.45) is 7.05 Å². The van der Waals surface area contributed by atoms with Gasteiger partial charge in [-0.15, -0.1) is 11.3 Å². The van der Waals surface area contributed by atoms with Crippen molar-refractivity contribution in [1.82, 2.24) is 18.5 Å². The number of allylic oxidation sites excluding steroid dienone is 3. The molecule has 0 bridgehead atoms. The average Bonchev–Trinajstić information content (AvgIpc) is 3.69. The van der Waals surface area contributed by atoms with Crippen LogP contribution in [-0.4, -0.2) is 43.9 Å². The summed E-state index contributed by atoms with van der Waals surface area (Å²) in [6.07, 6.45) is 13.1. The fourth-order valence-electron chi connectivity index (χ4n) is 6.19. The van der Waals surface area contributed by atoms with Crippen LogP contribution in [0.4, 0.5) is 4.39 Å². The van der Waals surface area contributed by atoms with Crippen molar-refractivity contribution < 1.29 is 22.7 Å². The van der Waals surface area contributed by atoms with Crippen LogP contribution in [0.5, 0.6) is 5.75 Å². The molecule has 7 rings (SSSR count). The lowest BCUT2D eigenvalue weighted by atomic mass is 9.81. The van der Waals surface area contributed by atoms with Crippen molar-refractivity contribution >= 4 is 43.3 Å². The summed E-state index contributed by atoms with van der Waals surface area (Å²) in [6.45, 7) is 1.56. The Morgan fingerprint density at radius 1 is 1.17 bits per heavy atom. The highest BCUT2D eigenvalue weighted by Gasteiger charge is 2.48. The summed E-state index contributed by atoms with van der Waals surface area (Å²) < 4.78 is 51.0. The number of pyridine rings is 1. The van der Waals surface area contributed by atoms with Gasteiger partial charge in [0.05, 0.1) is 12.0 Å². The Bertz CT molecular complexity index is 2050. The van der Waals surface area contributed by atoms with E-state index < -0.39 is 32.1 Å². The molecule has 2 unspecified atom stereocenters. The van der Waals surface area contributed by atoms with E-state index in [1.54, 1.807) is 38.6 Å². The lowest BCUT2D eigenvalue weighted by Gasteiger charge is -2.35. The smallest absolute Gasteiger partial charge is 0.250 e. The van der Waals surface area contributed by atoms with Gasteiger partial charge in [0, 0.05) is 59.6 Å². The molecule has 2 aliphatic carbocycles. The number of aromatic nitrogens is 4. The van der Waals surface area contributed by atoms with Gasteiger partial charge in [-0.1, -0.05) is 6.08 Å². The molecule has 216 valence electrons. The van der Waals surface area contributed by atoms with Gasteiger partial charge >= 0.3 is 0 Å². The molecule has 0 spiro atoms. The van der Waals surface area contributed by atoms with Gasteiger partial charge < -0.3 is 14.4 Å². The molecule has 1 fully saturated rings. The summed E-state index contributed by atoms with van der Waals surface area (Å²) in [5.41, 5.74) is 1.78. The van der Waals surface area contributed by atoms with Gasteiger partial charge in [-0.25, -0.2) is 26.7 Å². The third-order valence-electron chi connectivity index (χ3n) is 8.77. The first-order valence-electron chi connectivity index (χ1n) is 13.7. The van der Waals surface area contributed by atoms with Crippen molar-refractivity contribution in [1.29, 1.82) is 0 Å². The first kappa shape index (κ1) is 27.1. The quantitative estimate of drug-likeness (QED) is 0.249. The molecule has 8 nitrogen and oxygen atoms in total. The highest BCUT2D eigenvalue weighted by atomic mass is 32.2. The molecule has 0 radical (unpaired) electrons. The van der Waals surface area contributed by atoms with Gasteiger partial charge in [0.2, 0.25) is 10.0 Å². The van der Waals surface area contributed by atoms with Gasteiger partial charge in [0.1, 0.15) is 26.9 Å². The fraction of sp³-hybridized carbons (Fsp3) is 0.290. The van der Waals surface area contributed by atoms with E-state index >= 15 is 0 Å². The normalized spacial score (nSPS) is 21.9. The minimum absolute atomic E-state index is 0.243. The minimum atomic E-state index is -4.27. The second-order valence-corrected chi connectivity index (χ2v) is 14.5. The molecule has 0 aliphatic heterocycles. The Morgan fingerprint density at radius 3 is 2.71 bits per heavy atom. The molecule has 1 aromatic carbocycles. The topological polar surface area (TPSA) is 99.2 Å². The Morgan fingerprint density at radius 2 is 1.98 bits per heavy atom. The number of aliphatic hydroxyl groups is 1. The highest BCUT2D eigenvalue weighted by Crippen LogP contribution is 2.47. The van der Waals surface area contributed by atoms with Crippen LogP contribution in [-0.2, 0) is 22.7 Å². The van der Waals surface area contributed by atoms with E-state index in [9.17, 15) is 17.9 Å². The Hall–Kier alpha value is -3.80. The second-order valence-electron chi connectivity index (χ2n) is 11.3. The standard InChI is InChI=1S/C31H29FN4O4S2/c1-30(16-19(32)5-7-25(30)24-18-35(2)26-8-6-20(40-3)15-23(24)26)42(38,39)36-14-10-22-21(9-13-33-28(22)36)27-17-34-29(41-27)31(37)11-4-12-31/h5-10,13-18,25,37H,4,11-12H2,1-3H3. The molecule has 1 saturated carbocycles. The number of ether oxygens (including phenoxy) is 1. The number of methoxy groups -OCH3 is 1. The van der Waals surface area contributed by atoms with Crippen LogP contribution in [0.3, 0.4) is 0 Å². The van der Waals surface area contributed by atoms with Crippen LogP contribution in [0.2, 0.25) is 0 Å². The van der Waals surface area contributed by atoms with Gasteiger partial charge in [-0.2, -0.15) is 0 Å². The molecule has 11 heteroatoms. The number of rotatable bonds is 6. The van der Waals surface area contributed by atoms with E-state index in [0.717, 1.165) is 37.3 Å². The van der Waals surface area contributed by atoms with Crippen LogP contribution in [0, 0.1) is 0 Å². The average molecular weight is 605 g/mol. The zero-order valence-corrected chi connectivity index (χ0v) is 24.9. The predicted octanol–water partition coefficient (Wildman–Crippen LogP) is 6.18. The van der Waals surface area contributed by atoms with Gasteiger partial charge in [-0.3, -0.25) is 0 Å². The van der Waals surface area contributed by atoms with Crippen LogP contribution in [0.1, 0.15) is 42.7 Å². The van der Waals surface area contributed by atoms with Gasteiger partial charge in [-0.05, 0) is 74.2 Å². The van der Waals surface area contributed by atoms with Crippen molar-refractivity contribution in [3.8, 4) is 16.2 Å². The lowest BCUT2D eigenvalue weighted by Crippen LogP contribution is -2.43. The van der Waals surface area contributed by atoms with Crippen molar-refractivity contribution in [3.05, 3.63) is 89.7 Å². The zero-order chi connectivity index (χ0) is 29.4. The maximum Gasteiger partial charge on any atom is 0.250 e. The van der Waals surface area contributed by atoms with Crippen LogP contribution >= 0.6 is 11.3 Å². The number of thiazole rings is 1. The Labute approximate surface area is 246 Å². The number of hydrogen-bond acceptors (Lipinski definition) is 7. The molecule has 2 atom stereocenters. The summed E-state index contributed by atoms with van der Waals surface area (Å²) in [7, 11) is -0.792. The number of hydrogen-bond donors (Lipinski definition) is 1. The largest absolute Gasteiger partial charge is 0.497 e. The van der Waals surface area contributed by atoms with E-state index in [4.69, 9.17) is 4.74 Å². The van der Waals surface area contributed by atoms with Crippen molar-refractivity contribution in [3.63, 3.8) is 0 Å².